The van der Waals surface area contributed by atoms with Gasteiger partial charge in [0.1, 0.15) is 0 Å². The molecule has 1 aliphatic rings. The molecule has 25 heavy (non-hydrogen) atoms. The van der Waals surface area contributed by atoms with Crippen LogP contribution in [0.15, 0.2) is 30.6 Å². The molecule has 9 heteroatoms. The predicted molar refractivity (Wildman–Crippen MR) is 89.3 cm³/mol. The highest BCUT2D eigenvalue weighted by Gasteiger charge is 2.52. The molecule has 4 nitrogen and oxygen atoms in total. The number of rotatable bonds is 2. The zero-order valence-corrected chi connectivity index (χ0v) is 14.9. The summed E-state index contributed by atoms with van der Waals surface area (Å²) in [5, 5.41) is 4.13. The van der Waals surface area contributed by atoms with Crippen LogP contribution in [-0.2, 0) is 15.5 Å². The van der Waals surface area contributed by atoms with E-state index in [9.17, 15) is 13.2 Å². The minimum atomic E-state index is -4.44. The third-order valence-electron chi connectivity index (χ3n) is 4.65. The highest BCUT2D eigenvalue weighted by molar-refractivity contribution is 6.62. The van der Waals surface area contributed by atoms with E-state index in [1.165, 1.54) is 10.7 Å². The van der Waals surface area contributed by atoms with Gasteiger partial charge in [0.25, 0.3) is 0 Å². The van der Waals surface area contributed by atoms with Gasteiger partial charge in [-0.1, -0.05) is 11.6 Å². The summed E-state index contributed by atoms with van der Waals surface area (Å²) >= 11 is 6.01. The van der Waals surface area contributed by atoms with Gasteiger partial charge in [-0.3, -0.25) is 0 Å². The van der Waals surface area contributed by atoms with Crippen LogP contribution in [0.25, 0.3) is 5.69 Å². The third-order valence-corrected chi connectivity index (χ3v) is 4.95. The van der Waals surface area contributed by atoms with Crippen LogP contribution in [-0.4, -0.2) is 28.1 Å². The summed E-state index contributed by atoms with van der Waals surface area (Å²) in [5.74, 6) is 0. The van der Waals surface area contributed by atoms with Gasteiger partial charge in [0.15, 0.2) is 0 Å². The normalized spacial score (nSPS) is 19.4. The molecule has 134 valence electrons. The largest absolute Gasteiger partial charge is 0.498 e. The maximum absolute atomic E-state index is 12.7. The standard InChI is InChI=1S/C16H17BClF3N2O2/c1-14(2)15(3,4)25-17(24-14)11-8-22-23(9-11)13-6-5-10(7-12(13)18)16(19,20)21/h5-9H,1-4H3. The Morgan fingerprint density at radius 1 is 1.12 bits per heavy atom. The van der Waals surface area contributed by atoms with Crippen molar-refractivity contribution in [3.8, 4) is 5.69 Å². The van der Waals surface area contributed by atoms with Crippen molar-refractivity contribution in [3.63, 3.8) is 0 Å². The lowest BCUT2D eigenvalue weighted by Gasteiger charge is -2.32. The SMILES string of the molecule is CC1(C)OB(c2cnn(-c3ccc(C(F)(F)F)cc3Cl)c2)OC1(C)C. The number of hydrogen-bond donors (Lipinski definition) is 0. The van der Waals surface area contributed by atoms with E-state index >= 15 is 0 Å². The van der Waals surface area contributed by atoms with Crippen LogP contribution in [0, 0.1) is 0 Å². The first kappa shape index (κ1) is 18.3. The number of hydrogen-bond acceptors (Lipinski definition) is 3. The molecule has 0 spiro atoms. The first-order chi connectivity index (χ1) is 11.4. The zero-order chi connectivity index (χ0) is 18.6. The summed E-state index contributed by atoms with van der Waals surface area (Å²) < 4.78 is 51.5. The van der Waals surface area contributed by atoms with E-state index in [1.54, 1.807) is 12.4 Å². The van der Waals surface area contributed by atoms with Crippen molar-refractivity contribution in [1.29, 1.82) is 0 Å². The monoisotopic (exact) mass is 372 g/mol. The van der Waals surface area contributed by atoms with Crippen molar-refractivity contribution in [1.82, 2.24) is 9.78 Å². The first-order valence-corrected chi connectivity index (χ1v) is 8.06. The van der Waals surface area contributed by atoms with E-state index in [1.807, 2.05) is 27.7 Å². The fourth-order valence-corrected chi connectivity index (χ4v) is 2.71. The minimum Gasteiger partial charge on any atom is -0.399 e. The van der Waals surface area contributed by atoms with Crippen LogP contribution in [0.2, 0.25) is 5.02 Å². The van der Waals surface area contributed by atoms with Gasteiger partial charge in [0, 0.05) is 17.9 Å². The van der Waals surface area contributed by atoms with E-state index in [-0.39, 0.29) is 5.02 Å². The van der Waals surface area contributed by atoms with Gasteiger partial charge in [-0.25, -0.2) is 4.68 Å². The van der Waals surface area contributed by atoms with E-state index in [0.29, 0.717) is 11.2 Å². The smallest absolute Gasteiger partial charge is 0.399 e. The highest BCUT2D eigenvalue weighted by Crippen LogP contribution is 2.37. The molecule has 1 saturated heterocycles. The van der Waals surface area contributed by atoms with Gasteiger partial charge < -0.3 is 9.31 Å². The molecule has 0 atom stereocenters. The number of benzene rings is 1. The molecule has 0 N–H and O–H groups in total. The average Bonchev–Trinajstić information content (AvgIpc) is 3.01. The van der Waals surface area contributed by atoms with Crippen molar-refractivity contribution in [2.45, 2.75) is 45.1 Å². The summed E-state index contributed by atoms with van der Waals surface area (Å²) in [6.07, 6.45) is -1.26. The second-order valence-corrected chi connectivity index (χ2v) is 7.38. The van der Waals surface area contributed by atoms with Gasteiger partial charge in [0.05, 0.1) is 27.5 Å². The van der Waals surface area contributed by atoms with Crippen LogP contribution in [0.5, 0.6) is 0 Å². The van der Waals surface area contributed by atoms with Crippen LogP contribution < -0.4 is 5.46 Å². The molecular formula is C16H17BClF3N2O2. The summed E-state index contributed by atoms with van der Waals surface area (Å²) in [5.41, 5.74) is -0.788. The summed E-state index contributed by atoms with van der Waals surface area (Å²) in [6.45, 7) is 7.74. The lowest BCUT2D eigenvalue weighted by molar-refractivity contribution is -0.137. The second-order valence-electron chi connectivity index (χ2n) is 6.97. The van der Waals surface area contributed by atoms with Gasteiger partial charge >= 0.3 is 13.3 Å². The molecule has 0 amide bonds. The predicted octanol–water partition coefficient (Wildman–Crippen LogP) is 3.84. The molecule has 0 unspecified atom stereocenters. The number of alkyl halides is 3. The fourth-order valence-electron chi connectivity index (χ4n) is 2.44. The molecular weight excluding hydrogens is 355 g/mol. The van der Waals surface area contributed by atoms with E-state index < -0.39 is 30.1 Å². The topological polar surface area (TPSA) is 36.3 Å². The third kappa shape index (κ3) is 3.30. The number of halogens is 4. The molecule has 2 heterocycles. The average molecular weight is 373 g/mol. The van der Waals surface area contributed by atoms with Crippen LogP contribution in [0.4, 0.5) is 13.2 Å². The molecule has 1 fully saturated rings. The summed E-state index contributed by atoms with van der Waals surface area (Å²) in [7, 11) is -0.605. The van der Waals surface area contributed by atoms with E-state index in [2.05, 4.69) is 5.10 Å². The van der Waals surface area contributed by atoms with Crippen molar-refractivity contribution >= 4 is 24.2 Å². The molecule has 1 aliphatic heterocycles. The number of nitrogens with zero attached hydrogens (tertiary/aromatic N) is 2. The van der Waals surface area contributed by atoms with Gasteiger partial charge in [-0.05, 0) is 45.9 Å². The summed E-state index contributed by atoms with van der Waals surface area (Å²) in [4.78, 5) is 0. The molecule has 0 bridgehead atoms. The number of aromatic nitrogens is 2. The zero-order valence-electron chi connectivity index (χ0n) is 14.2. The van der Waals surface area contributed by atoms with Crippen LogP contribution >= 0.6 is 11.6 Å². The van der Waals surface area contributed by atoms with Crippen molar-refractivity contribution < 1.29 is 22.5 Å². The van der Waals surface area contributed by atoms with Crippen molar-refractivity contribution in [3.05, 3.63) is 41.2 Å². The molecule has 1 aromatic heterocycles. The van der Waals surface area contributed by atoms with Gasteiger partial charge in [0.2, 0.25) is 0 Å². The Kier molecular flexibility index (Phi) is 4.21. The molecule has 2 aromatic rings. The fraction of sp³-hybridized carbons (Fsp3) is 0.438. The van der Waals surface area contributed by atoms with E-state index in [4.69, 9.17) is 20.9 Å². The first-order valence-electron chi connectivity index (χ1n) is 7.68. The Morgan fingerprint density at radius 2 is 1.72 bits per heavy atom. The Labute approximate surface area is 149 Å². The maximum Gasteiger partial charge on any atom is 0.498 e. The highest BCUT2D eigenvalue weighted by atomic mass is 35.5. The minimum absolute atomic E-state index is 0.0432. The van der Waals surface area contributed by atoms with Gasteiger partial charge in [-0.15, -0.1) is 0 Å². The lowest BCUT2D eigenvalue weighted by Crippen LogP contribution is -2.41. The Bertz CT molecular complexity index is 789. The van der Waals surface area contributed by atoms with Crippen LogP contribution in [0.1, 0.15) is 33.3 Å². The van der Waals surface area contributed by atoms with Crippen molar-refractivity contribution in [2.24, 2.45) is 0 Å². The Hall–Kier alpha value is -1.51. The van der Waals surface area contributed by atoms with E-state index in [0.717, 1.165) is 12.1 Å². The molecule has 0 radical (unpaired) electrons. The molecule has 3 rings (SSSR count). The van der Waals surface area contributed by atoms with Crippen molar-refractivity contribution in [2.75, 3.05) is 0 Å². The summed E-state index contributed by atoms with van der Waals surface area (Å²) in [6, 6.07) is 3.14. The second kappa shape index (κ2) is 5.76. The van der Waals surface area contributed by atoms with Crippen LogP contribution in [0.3, 0.4) is 0 Å². The Balaban J connectivity index is 1.88. The molecule has 0 aliphatic carbocycles. The maximum atomic E-state index is 12.7. The molecule has 0 saturated carbocycles. The molecule has 1 aromatic carbocycles. The van der Waals surface area contributed by atoms with Gasteiger partial charge in [-0.2, -0.15) is 18.3 Å². The quantitative estimate of drug-likeness (QED) is 0.752. The lowest BCUT2D eigenvalue weighted by atomic mass is 9.82. The Morgan fingerprint density at radius 3 is 2.24 bits per heavy atom.